The van der Waals surface area contributed by atoms with Crippen molar-refractivity contribution in [1.82, 2.24) is 20.2 Å². The fraction of sp³-hybridized carbons (Fsp3) is 0.292. The number of ether oxygens (including phenoxy) is 2. The van der Waals surface area contributed by atoms with Crippen molar-refractivity contribution in [2.45, 2.75) is 20.3 Å². The van der Waals surface area contributed by atoms with Gasteiger partial charge in [-0.15, -0.1) is 0 Å². The number of halogens is 2. The predicted molar refractivity (Wildman–Crippen MR) is 125 cm³/mol. The maximum Gasteiger partial charge on any atom is 0.326 e. The normalized spacial score (nSPS) is 15.5. The minimum absolute atomic E-state index is 0.104. The van der Waals surface area contributed by atoms with Crippen LogP contribution in [0.2, 0.25) is 0 Å². The number of hydrogen-bond acceptors (Lipinski definition) is 7. The number of fused-ring (bicyclic) bond motifs is 1. The largest absolute Gasteiger partial charge is 0.421 e. The topological polar surface area (TPSA) is 88.2 Å². The minimum Gasteiger partial charge on any atom is -0.421 e. The maximum atomic E-state index is 15.1. The summed E-state index contributed by atoms with van der Waals surface area (Å²) < 4.78 is 40.9. The van der Waals surface area contributed by atoms with Crippen LogP contribution in [0.25, 0.3) is 12.2 Å². The molecule has 1 aliphatic carbocycles. The molecule has 1 aliphatic heterocycles. The number of hydrogen-bond donors (Lipinski definition) is 2. The fourth-order valence-electron chi connectivity index (χ4n) is 4.01. The number of allylic oxidation sites excluding steroid dienone is 2. The monoisotopic (exact) mass is 466 g/mol. The molecule has 34 heavy (non-hydrogen) atoms. The predicted octanol–water partition coefficient (Wildman–Crippen LogP) is 4.84. The summed E-state index contributed by atoms with van der Waals surface area (Å²) in [5.41, 5.74) is 2.26. The lowest BCUT2D eigenvalue weighted by molar-refractivity contribution is 0.122. The van der Waals surface area contributed by atoms with E-state index in [1.54, 1.807) is 12.1 Å². The van der Waals surface area contributed by atoms with E-state index in [0.29, 0.717) is 55.7 Å². The van der Waals surface area contributed by atoms with Gasteiger partial charge in [-0.3, -0.25) is 5.10 Å². The summed E-state index contributed by atoms with van der Waals surface area (Å²) in [6.45, 7) is 6.14. The Labute approximate surface area is 195 Å². The number of nitrogens with zero attached hydrogens (tertiary/aromatic N) is 4. The summed E-state index contributed by atoms with van der Waals surface area (Å²) in [6.07, 6.45) is 5.80. The number of rotatable bonds is 6. The van der Waals surface area contributed by atoms with Crippen LogP contribution >= 0.6 is 0 Å². The molecule has 0 bridgehead atoms. The lowest BCUT2D eigenvalue weighted by Gasteiger charge is -2.28. The first kappa shape index (κ1) is 22.0. The van der Waals surface area contributed by atoms with Crippen LogP contribution < -0.4 is 15.0 Å². The average Bonchev–Trinajstić information content (AvgIpc) is 3.44. The van der Waals surface area contributed by atoms with Gasteiger partial charge in [-0.2, -0.15) is 15.1 Å². The minimum atomic E-state index is -0.633. The van der Waals surface area contributed by atoms with E-state index in [-0.39, 0.29) is 17.3 Å². The van der Waals surface area contributed by atoms with Crippen molar-refractivity contribution in [2.24, 2.45) is 0 Å². The van der Waals surface area contributed by atoms with Crippen molar-refractivity contribution in [2.75, 3.05) is 36.5 Å². The Kier molecular flexibility index (Phi) is 5.97. The third-order valence-electron chi connectivity index (χ3n) is 5.60. The van der Waals surface area contributed by atoms with Crippen LogP contribution in [-0.2, 0) is 11.2 Å². The Morgan fingerprint density at radius 1 is 1.15 bits per heavy atom. The number of nitrogens with one attached hydrogen (secondary N) is 2. The van der Waals surface area contributed by atoms with Crippen molar-refractivity contribution in [3.8, 4) is 11.8 Å². The van der Waals surface area contributed by atoms with Gasteiger partial charge >= 0.3 is 6.01 Å². The van der Waals surface area contributed by atoms with E-state index < -0.39 is 11.6 Å². The van der Waals surface area contributed by atoms with Gasteiger partial charge in [0.2, 0.25) is 0 Å². The van der Waals surface area contributed by atoms with E-state index in [1.165, 1.54) is 0 Å². The molecule has 0 unspecified atom stereocenters. The lowest BCUT2D eigenvalue weighted by atomic mass is 10.1. The van der Waals surface area contributed by atoms with Crippen molar-refractivity contribution in [3.05, 3.63) is 58.3 Å². The summed E-state index contributed by atoms with van der Waals surface area (Å²) in [7, 11) is 0. The Morgan fingerprint density at radius 2 is 1.97 bits per heavy atom. The van der Waals surface area contributed by atoms with E-state index >= 15 is 4.39 Å². The summed E-state index contributed by atoms with van der Waals surface area (Å²) in [6, 6.07) is 4.53. The van der Waals surface area contributed by atoms with Crippen LogP contribution in [0.3, 0.4) is 0 Å². The molecule has 1 saturated heterocycles. The summed E-state index contributed by atoms with van der Waals surface area (Å²) in [5.74, 6) is 0.116. The molecular weight excluding hydrogens is 442 g/mol. The molecule has 0 amide bonds. The van der Waals surface area contributed by atoms with Crippen LogP contribution in [0, 0.1) is 11.6 Å². The van der Waals surface area contributed by atoms with Gasteiger partial charge in [0, 0.05) is 42.4 Å². The number of aromatic nitrogens is 4. The van der Waals surface area contributed by atoms with Crippen molar-refractivity contribution < 1.29 is 18.3 Å². The molecule has 2 aromatic heterocycles. The van der Waals surface area contributed by atoms with E-state index in [4.69, 9.17) is 9.47 Å². The van der Waals surface area contributed by atoms with Gasteiger partial charge in [-0.05, 0) is 26.3 Å². The van der Waals surface area contributed by atoms with E-state index in [9.17, 15) is 4.39 Å². The lowest BCUT2D eigenvalue weighted by Crippen LogP contribution is -2.36. The zero-order valence-corrected chi connectivity index (χ0v) is 18.9. The first-order valence-electron chi connectivity index (χ1n) is 11.0. The van der Waals surface area contributed by atoms with E-state index in [2.05, 4.69) is 25.5 Å². The van der Waals surface area contributed by atoms with Crippen LogP contribution in [0.4, 0.5) is 26.2 Å². The molecule has 176 valence electrons. The second kappa shape index (κ2) is 9.22. The van der Waals surface area contributed by atoms with Gasteiger partial charge in [-0.1, -0.05) is 17.7 Å². The fourth-order valence-corrected chi connectivity index (χ4v) is 4.01. The third kappa shape index (κ3) is 4.49. The van der Waals surface area contributed by atoms with E-state index in [0.717, 1.165) is 17.3 Å². The SMILES string of the molecule is C/C=C/c1cc(Nc2cc(N3CCOCC3)nc(Oc3cc(F)c4c(c3F)C=C(C)C4)n2)n[nH]1. The highest BCUT2D eigenvalue weighted by Crippen LogP contribution is 2.36. The van der Waals surface area contributed by atoms with Gasteiger partial charge in [0.15, 0.2) is 17.4 Å². The van der Waals surface area contributed by atoms with Gasteiger partial charge in [0.1, 0.15) is 17.5 Å². The second-order valence-corrected chi connectivity index (χ2v) is 8.16. The maximum absolute atomic E-state index is 15.1. The molecule has 2 N–H and O–H groups in total. The zero-order chi connectivity index (χ0) is 23.7. The molecule has 2 aliphatic rings. The molecular formula is C24H24F2N6O2. The standard InChI is InChI=1S/C24H24F2N6O2/c1-3-4-15-11-21(31-30-15)27-20-13-22(32-5-7-33-8-6-32)29-24(28-20)34-19-12-18(25)16-9-14(2)10-17(16)23(19)26/h3-4,10-13H,5-9H2,1-2H3,(H2,27,28,29,30,31)/b4-3+. The molecule has 0 spiro atoms. The summed E-state index contributed by atoms with van der Waals surface area (Å²) in [5, 5.41) is 10.2. The molecule has 3 heterocycles. The second-order valence-electron chi connectivity index (χ2n) is 8.16. The first-order chi connectivity index (χ1) is 16.5. The number of H-pyrrole nitrogens is 1. The molecule has 1 aromatic carbocycles. The molecule has 8 nitrogen and oxygen atoms in total. The number of anilines is 3. The first-order valence-corrected chi connectivity index (χ1v) is 11.0. The third-order valence-corrected chi connectivity index (χ3v) is 5.60. The Morgan fingerprint density at radius 3 is 2.76 bits per heavy atom. The van der Waals surface area contributed by atoms with Crippen LogP contribution in [0.15, 0.2) is 29.8 Å². The van der Waals surface area contributed by atoms with Crippen molar-refractivity contribution in [3.63, 3.8) is 0 Å². The number of benzene rings is 1. The molecule has 1 fully saturated rings. The number of aromatic amines is 1. The quantitative estimate of drug-likeness (QED) is 0.537. The summed E-state index contributed by atoms with van der Waals surface area (Å²) >= 11 is 0. The Hall–Kier alpha value is -3.79. The molecule has 0 saturated carbocycles. The van der Waals surface area contributed by atoms with Gasteiger partial charge in [-0.25, -0.2) is 8.78 Å². The molecule has 0 radical (unpaired) electrons. The highest BCUT2D eigenvalue weighted by Gasteiger charge is 2.24. The number of morpholine rings is 1. The summed E-state index contributed by atoms with van der Waals surface area (Å²) in [4.78, 5) is 10.9. The van der Waals surface area contributed by atoms with Gasteiger partial charge in [0.25, 0.3) is 0 Å². The van der Waals surface area contributed by atoms with Crippen LogP contribution in [-0.4, -0.2) is 46.5 Å². The molecule has 10 heteroatoms. The Bertz CT molecular complexity index is 1280. The van der Waals surface area contributed by atoms with Crippen molar-refractivity contribution >= 4 is 29.6 Å². The van der Waals surface area contributed by atoms with Gasteiger partial charge in [0.05, 0.1) is 18.9 Å². The molecule has 5 rings (SSSR count). The van der Waals surface area contributed by atoms with Crippen molar-refractivity contribution in [1.29, 1.82) is 0 Å². The Balaban J connectivity index is 1.49. The smallest absolute Gasteiger partial charge is 0.326 e. The molecule has 0 atom stereocenters. The van der Waals surface area contributed by atoms with E-state index in [1.807, 2.05) is 37.0 Å². The van der Waals surface area contributed by atoms with Crippen LogP contribution in [0.5, 0.6) is 11.8 Å². The highest BCUT2D eigenvalue weighted by molar-refractivity contribution is 5.66. The average molecular weight is 466 g/mol. The van der Waals surface area contributed by atoms with Gasteiger partial charge < -0.3 is 19.7 Å². The molecule has 3 aromatic rings. The highest BCUT2D eigenvalue weighted by atomic mass is 19.1. The zero-order valence-electron chi connectivity index (χ0n) is 18.9. The van der Waals surface area contributed by atoms with Crippen LogP contribution in [0.1, 0.15) is 30.7 Å².